The normalized spacial score (nSPS) is 14.2. The maximum atomic E-state index is 12.8. The van der Waals surface area contributed by atoms with Gasteiger partial charge < -0.3 is 21.1 Å². The quantitative estimate of drug-likeness (QED) is 0.0273. The molecule has 0 saturated carbocycles. The van der Waals surface area contributed by atoms with Gasteiger partial charge in [-0.15, -0.1) is 0 Å². The van der Waals surface area contributed by atoms with Crippen molar-refractivity contribution in [2.75, 3.05) is 19.8 Å². The number of phosphoric ester groups is 1. The fraction of sp³-hybridized carbons (Fsp3) is 0.857. The van der Waals surface area contributed by atoms with Crippen LogP contribution in [0.2, 0.25) is 0 Å². The number of hydrogen-bond acceptors (Lipinski definition) is 6. The minimum atomic E-state index is -4.35. The number of rotatable bonds is 46. The highest BCUT2D eigenvalue weighted by atomic mass is 31.2. The van der Waals surface area contributed by atoms with Gasteiger partial charge in [-0.25, -0.2) is 4.57 Å². The number of carbonyl (C=O) groups excluding carboxylic acids is 1. The molecule has 1 amide bonds. The molecule has 0 heterocycles. The molecule has 0 aromatic heterocycles. The molecular weight excluding hydrogens is 744 g/mol. The van der Waals surface area contributed by atoms with E-state index in [4.69, 9.17) is 14.8 Å². The van der Waals surface area contributed by atoms with Crippen LogP contribution in [0.5, 0.6) is 0 Å². The smallest absolute Gasteiger partial charge is 0.387 e. The fourth-order valence-electron chi connectivity index (χ4n) is 7.22. The number of aliphatic hydroxyl groups excluding tert-OH is 1. The Labute approximate surface area is 359 Å². The summed E-state index contributed by atoms with van der Waals surface area (Å²) in [5, 5.41) is 13.7. The summed E-state index contributed by atoms with van der Waals surface area (Å²) in [5.41, 5.74) is 5.38. The second kappa shape index (κ2) is 45.3. The Kier molecular flexibility index (Phi) is 44.3. The number of nitrogens with one attached hydrogen (secondary N) is 1. The Hall–Kier alpha value is -1.28. The Morgan fingerprint density at radius 2 is 0.914 bits per heavy atom. The van der Waals surface area contributed by atoms with E-state index in [2.05, 4.69) is 43.5 Å². The number of unbranched alkanes of at least 4 members (excludes halogenated alkanes) is 30. The minimum Gasteiger partial charge on any atom is -0.387 e. The van der Waals surface area contributed by atoms with E-state index in [0.717, 1.165) is 44.9 Å². The molecule has 0 aromatic rings. The van der Waals surface area contributed by atoms with Crippen molar-refractivity contribution < 1.29 is 28.4 Å². The Bertz CT molecular complexity index is 1010. The summed E-state index contributed by atoms with van der Waals surface area (Å²) in [4.78, 5) is 22.8. The predicted molar refractivity (Wildman–Crippen MR) is 249 cm³/mol. The number of phosphoric acid groups is 1. The number of nitrogens with two attached hydrogens (primary N) is 1. The largest absolute Gasteiger partial charge is 0.472 e. The molecule has 0 aliphatic rings. The van der Waals surface area contributed by atoms with Crippen LogP contribution >= 0.6 is 7.82 Å². The van der Waals surface area contributed by atoms with Crippen molar-refractivity contribution in [3.63, 3.8) is 0 Å². The van der Waals surface area contributed by atoms with Crippen LogP contribution in [0.15, 0.2) is 36.5 Å². The molecule has 0 aromatic carbocycles. The lowest BCUT2D eigenvalue weighted by Gasteiger charge is -2.23. The molecule has 0 radical (unpaired) electrons. The summed E-state index contributed by atoms with van der Waals surface area (Å²) >= 11 is 0. The lowest BCUT2D eigenvalue weighted by atomic mass is 10.0. The second-order valence-corrected chi connectivity index (χ2v) is 18.1. The van der Waals surface area contributed by atoms with Crippen LogP contribution in [0.3, 0.4) is 0 Å². The number of aliphatic hydroxyl groups is 1. The third-order valence-electron chi connectivity index (χ3n) is 10.9. The van der Waals surface area contributed by atoms with E-state index in [-0.39, 0.29) is 25.7 Å². The van der Waals surface area contributed by atoms with Gasteiger partial charge in [0, 0.05) is 13.0 Å². The molecule has 0 fully saturated rings. The summed E-state index contributed by atoms with van der Waals surface area (Å²) in [6.45, 7) is 4.13. The van der Waals surface area contributed by atoms with Gasteiger partial charge in [-0.3, -0.25) is 13.8 Å². The van der Waals surface area contributed by atoms with Crippen LogP contribution < -0.4 is 11.1 Å². The van der Waals surface area contributed by atoms with Gasteiger partial charge in [0.15, 0.2) is 0 Å². The van der Waals surface area contributed by atoms with E-state index in [1.54, 1.807) is 6.08 Å². The van der Waals surface area contributed by atoms with Gasteiger partial charge in [0.25, 0.3) is 0 Å². The average Bonchev–Trinajstić information content (AvgIpc) is 3.21. The Morgan fingerprint density at radius 3 is 1.33 bits per heavy atom. The van der Waals surface area contributed by atoms with Gasteiger partial charge in [0.2, 0.25) is 5.91 Å². The van der Waals surface area contributed by atoms with Crippen molar-refractivity contribution in [1.82, 2.24) is 5.32 Å². The Balaban J connectivity index is 4.14. The molecule has 342 valence electrons. The van der Waals surface area contributed by atoms with Crippen molar-refractivity contribution >= 4 is 13.7 Å². The lowest BCUT2D eigenvalue weighted by molar-refractivity contribution is -0.123. The molecule has 0 rings (SSSR count). The first-order valence-electron chi connectivity index (χ1n) is 24.6. The molecule has 0 spiro atoms. The van der Waals surface area contributed by atoms with Gasteiger partial charge in [0.05, 0.1) is 25.4 Å². The van der Waals surface area contributed by atoms with Crippen molar-refractivity contribution in [1.29, 1.82) is 0 Å². The van der Waals surface area contributed by atoms with E-state index in [1.165, 1.54) is 173 Å². The summed E-state index contributed by atoms with van der Waals surface area (Å²) < 4.78 is 22.2. The van der Waals surface area contributed by atoms with Crippen LogP contribution in [0, 0.1) is 0 Å². The molecule has 9 heteroatoms. The summed E-state index contributed by atoms with van der Waals surface area (Å²) in [6.07, 6.45) is 54.9. The number of amides is 1. The minimum absolute atomic E-state index is 0.0728. The molecule has 8 nitrogen and oxygen atoms in total. The standard InChI is InChI=1S/C49H95N2O6P/c1-3-5-7-9-11-13-15-17-19-21-22-23-24-25-27-29-31-33-35-37-39-41-43-49(53)51-47(46-57-58(54,55)56-45-44-50)48(52)42-40-38-36-34-32-30-28-26-20-18-16-14-12-10-8-6-4-2/h20,26,32,34,40,42,47-48,52H,3-19,21-25,27-31,33,35-39,41,43-46,50H2,1-2H3,(H,51,53)(H,54,55)/b26-20+,34-32+,42-40+. The van der Waals surface area contributed by atoms with Crippen molar-refractivity contribution in [2.45, 2.75) is 251 Å². The molecule has 5 N–H and O–H groups in total. The maximum absolute atomic E-state index is 12.8. The van der Waals surface area contributed by atoms with Crippen molar-refractivity contribution in [3.05, 3.63) is 36.5 Å². The van der Waals surface area contributed by atoms with Crippen molar-refractivity contribution in [3.8, 4) is 0 Å². The first kappa shape index (κ1) is 56.7. The molecule has 0 aliphatic heterocycles. The van der Waals surface area contributed by atoms with E-state index in [9.17, 15) is 19.4 Å². The molecule has 3 unspecified atom stereocenters. The first-order chi connectivity index (χ1) is 28.4. The van der Waals surface area contributed by atoms with E-state index < -0.39 is 20.0 Å². The fourth-order valence-corrected chi connectivity index (χ4v) is 7.98. The molecule has 0 aliphatic carbocycles. The monoisotopic (exact) mass is 839 g/mol. The van der Waals surface area contributed by atoms with Gasteiger partial charge in [0.1, 0.15) is 0 Å². The Morgan fingerprint density at radius 1 is 0.552 bits per heavy atom. The number of carbonyl (C=O) groups is 1. The highest BCUT2D eigenvalue weighted by Gasteiger charge is 2.26. The van der Waals surface area contributed by atoms with E-state index in [0.29, 0.717) is 6.42 Å². The molecule has 0 saturated heterocycles. The van der Waals surface area contributed by atoms with Crippen LogP contribution in [0.1, 0.15) is 239 Å². The van der Waals surface area contributed by atoms with Crippen LogP contribution in [0.25, 0.3) is 0 Å². The number of allylic oxidation sites excluding steroid dienone is 5. The second-order valence-electron chi connectivity index (χ2n) is 16.7. The van der Waals surface area contributed by atoms with Gasteiger partial charge in [-0.2, -0.15) is 0 Å². The molecule has 58 heavy (non-hydrogen) atoms. The van der Waals surface area contributed by atoms with E-state index in [1.807, 2.05) is 6.08 Å². The van der Waals surface area contributed by atoms with Gasteiger partial charge in [-0.1, -0.05) is 224 Å². The van der Waals surface area contributed by atoms with Crippen LogP contribution in [-0.2, 0) is 18.4 Å². The highest BCUT2D eigenvalue weighted by Crippen LogP contribution is 2.43. The van der Waals surface area contributed by atoms with Gasteiger partial charge >= 0.3 is 7.82 Å². The van der Waals surface area contributed by atoms with Crippen molar-refractivity contribution in [2.24, 2.45) is 5.73 Å². The summed E-state index contributed by atoms with van der Waals surface area (Å²) in [6, 6.07) is -0.881. The van der Waals surface area contributed by atoms with Crippen LogP contribution in [0.4, 0.5) is 0 Å². The molecular formula is C49H95N2O6P. The van der Waals surface area contributed by atoms with Crippen LogP contribution in [-0.4, -0.2) is 47.8 Å². The zero-order valence-corrected chi connectivity index (χ0v) is 38.9. The molecule has 3 atom stereocenters. The SMILES string of the molecule is CCCCCCCCC/C=C/CC/C=C/CC/C=C/C(O)C(COP(=O)(O)OCCN)NC(=O)CCCCCCCCCCCCCCCCCCCCCCCC. The maximum Gasteiger partial charge on any atom is 0.472 e. The summed E-state index contributed by atoms with van der Waals surface area (Å²) in [7, 11) is -4.35. The zero-order chi connectivity index (χ0) is 42.5. The molecule has 0 bridgehead atoms. The van der Waals surface area contributed by atoms with Gasteiger partial charge in [-0.05, 0) is 44.9 Å². The summed E-state index contributed by atoms with van der Waals surface area (Å²) in [5.74, 6) is -0.204. The highest BCUT2D eigenvalue weighted by molar-refractivity contribution is 7.47. The zero-order valence-electron chi connectivity index (χ0n) is 38.0. The number of hydrogen-bond donors (Lipinski definition) is 4. The van der Waals surface area contributed by atoms with E-state index >= 15 is 0 Å². The topological polar surface area (TPSA) is 131 Å². The average molecular weight is 839 g/mol. The predicted octanol–water partition coefficient (Wildman–Crippen LogP) is 14.3. The lowest BCUT2D eigenvalue weighted by Crippen LogP contribution is -2.45. The third kappa shape index (κ3) is 42.8. The first-order valence-corrected chi connectivity index (χ1v) is 26.1. The third-order valence-corrected chi connectivity index (χ3v) is 11.9.